The summed E-state index contributed by atoms with van der Waals surface area (Å²) in [7, 11) is 0. The maximum atomic E-state index is 6.41. The molecule has 96 valence electrons. The normalized spacial score (nSPS) is 18.3. The molecule has 1 fully saturated rings. The third-order valence-corrected chi connectivity index (χ3v) is 4.33. The Morgan fingerprint density at radius 1 is 1.24 bits per heavy atom. The lowest BCUT2D eigenvalue weighted by Crippen LogP contribution is -2.10. The zero-order chi connectivity index (χ0) is 12.3. The zero-order valence-electron chi connectivity index (χ0n) is 10.4. The van der Waals surface area contributed by atoms with Crippen LogP contribution in [0.4, 0.5) is 0 Å². The van der Waals surface area contributed by atoms with E-state index in [1.54, 1.807) is 0 Å². The molecule has 0 bridgehead atoms. The van der Waals surface area contributed by atoms with Crippen LogP contribution in [0.1, 0.15) is 62.7 Å². The Hall–Kier alpha value is -0.210. The van der Waals surface area contributed by atoms with Crippen molar-refractivity contribution >= 4 is 23.2 Å². The van der Waals surface area contributed by atoms with Gasteiger partial charge in [0.25, 0.3) is 0 Å². The molecule has 17 heavy (non-hydrogen) atoms. The highest BCUT2D eigenvalue weighted by Crippen LogP contribution is 2.32. The monoisotopic (exact) mass is 274 g/mol. The summed E-state index contributed by atoms with van der Waals surface area (Å²) in [5, 5.41) is 5.43. The van der Waals surface area contributed by atoms with Crippen LogP contribution < -0.4 is 0 Å². The van der Waals surface area contributed by atoms with Crippen LogP contribution in [0.25, 0.3) is 0 Å². The van der Waals surface area contributed by atoms with Crippen molar-refractivity contribution in [2.45, 2.75) is 63.8 Å². The van der Waals surface area contributed by atoms with Crippen molar-refractivity contribution in [1.82, 2.24) is 9.78 Å². The molecule has 0 atom stereocenters. The molecule has 1 aromatic heterocycles. The summed E-state index contributed by atoms with van der Waals surface area (Å²) in [6.07, 6.45) is 8.58. The first-order valence-corrected chi connectivity index (χ1v) is 7.50. The van der Waals surface area contributed by atoms with Gasteiger partial charge in [0.2, 0.25) is 0 Å². The van der Waals surface area contributed by atoms with E-state index in [1.807, 2.05) is 4.68 Å². The maximum absolute atomic E-state index is 6.41. The highest BCUT2D eigenvalue weighted by Gasteiger charge is 2.21. The SMILES string of the molecule is CCc1nn(C2CCCCCC2)c(Cl)c1CCl. The van der Waals surface area contributed by atoms with E-state index in [0.717, 1.165) is 22.8 Å². The summed E-state index contributed by atoms with van der Waals surface area (Å²) >= 11 is 12.4. The maximum Gasteiger partial charge on any atom is 0.132 e. The minimum absolute atomic E-state index is 0.467. The number of nitrogens with zero attached hydrogens (tertiary/aromatic N) is 2. The van der Waals surface area contributed by atoms with E-state index in [2.05, 4.69) is 12.0 Å². The van der Waals surface area contributed by atoms with Crippen LogP contribution in [-0.2, 0) is 12.3 Å². The molecular formula is C13H20Cl2N2. The minimum Gasteiger partial charge on any atom is -0.250 e. The van der Waals surface area contributed by atoms with Crippen molar-refractivity contribution < 1.29 is 0 Å². The lowest BCUT2D eigenvalue weighted by Gasteiger charge is -2.15. The number of alkyl halides is 1. The third kappa shape index (κ3) is 2.79. The molecule has 0 aromatic carbocycles. The lowest BCUT2D eigenvalue weighted by atomic mass is 10.1. The van der Waals surface area contributed by atoms with E-state index in [1.165, 1.54) is 38.5 Å². The largest absolute Gasteiger partial charge is 0.250 e. The van der Waals surface area contributed by atoms with Gasteiger partial charge in [0, 0.05) is 5.56 Å². The summed E-state index contributed by atoms with van der Waals surface area (Å²) in [5.74, 6) is 0.467. The fourth-order valence-corrected chi connectivity index (χ4v) is 3.35. The highest BCUT2D eigenvalue weighted by molar-refractivity contribution is 6.31. The molecule has 1 aliphatic carbocycles. The first-order chi connectivity index (χ1) is 8.27. The molecule has 0 N–H and O–H groups in total. The van der Waals surface area contributed by atoms with Crippen LogP contribution in [0.2, 0.25) is 5.15 Å². The molecule has 2 rings (SSSR count). The number of aryl methyl sites for hydroxylation is 1. The van der Waals surface area contributed by atoms with Gasteiger partial charge in [-0.05, 0) is 19.3 Å². The second kappa shape index (κ2) is 6.10. The summed E-state index contributed by atoms with van der Waals surface area (Å²) in [6, 6.07) is 0.479. The van der Waals surface area contributed by atoms with Crippen LogP contribution in [0.5, 0.6) is 0 Å². The van der Waals surface area contributed by atoms with Crippen molar-refractivity contribution in [3.63, 3.8) is 0 Å². The standard InChI is InChI=1S/C13H20Cl2N2/c1-2-12-11(9-14)13(15)17(16-12)10-7-5-3-4-6-8-10/h10H,2-9H2,1H3. The average molecular weight is 275 g/mol. The van der Waals surface area contributed by atoms with Gasteiger partial charge in [-0.3, -0.25) is 4.68 Å². The molecule has 4 heteroatoms. The summed E-state index contributed by atoms with van der Waals surface area (Å²) in [6.45, 7) is 2.10. The Labute approximate surface area is 113 Å². The van der Waals surface area contributed by atoms with Crippen molar-refractivity contribution in [3.8, 4) is 0 Å². The molecule has 0 saturated heterocycles. The fourth-order valence-electron chi connectivity index (χ4n) is 2.65. The summed E-state index contributed by atoms with van der Waals surface area (Å²) < 4.78 is 2.03. The molecule has 2 nitrogen and oxygen atoms in total. The highest BCUT2D eigenvalue weighted by atomic mass is 35.5. The lowest BCUT2D eigenvalue weighted by molar-refractivity contribution is 0.404. The molecule has 1 saturated carbocycles. The molecule has 0 amide bonds. The second-order valence-electron chi connectivity index (χ2n) is 4.79. The van der Waals surface area contributed by atoms with Gasteiger partial charge in [-0.15, -0.1) is 11.6 Å². The van der Waals surface area contributed by atoms with Gasteiger partial charge in [0.05, 0.1) is 17.6 Å². The fraction of sp³-hybridized carbons (Fsp3) is 0.769. The van der Waals surface area contributed by atoms with Crippen LogP contribution in [0.3, 0.4) is 0 Å². The number of rotatable bonds is 3. The molecule has 1 heterocycles. The van der Waals surface area contributed by atoms with E-state index >= 15 is 0 Å². The van der Waals surface area contributed by atoms with Crippen LogP contribution in [0.15, 0.2) is 0 Å². The van der Waals surface area contributed by atoms with Crippen LogP contribution >= 0.6 is 23.2 Å². The van der Waals surface area contributed by atoms with Gasteiger partial charge in [-0.1, -0.05) is 44.2 Å². The van der Waals surface area contributed by atoms with E-state index in [9.17, 15) is 0 Å². The molecule has 0 aliphatic heterocycles. The molecule has 0 unspecified atom stereocenters. The molecular weight excluding hydrogens is 255 g/mol. The van der Waals surface area contributed by atoms with Crippen LogP contribution in [-0.4, -0.2) is 9.78 Å². The van der Waals surface area contributed by atoms with Crippen LogP contribution in [0, 0.1) is 0 Å². The van der Waals surface area contributed by atoms with Gasteiger partial charge < -0.3 is 0 Å². The van der Waals surface area contributed by atoms with Gasteiger partial charge in [0.1, 0.15) is 5.15 Å². The quantitative estimate of drug-likeness (QED) is 0.576. The van der Waals surface area contributed by atoms with Gasteiger partial charge in [-0.25, -0.2) is 0 Å². The predicted molar refractivity (Wildman–Crippen MR) is 72.9 cm³/mol. The zero-order valence-corrected chi connectivity index (χ0v) is 11.9. The summed E-state index contributed by atoms with van der Waals surface area (Å²) in [5.41, 5.74) is 2.09. The third-order valence-electron chi connectivity index (χ3n) is 3.67. The smallest absolute Gasteiger partial charge is 0.132 e. The average Bonchev–Trinajstić information content (AvgIpc) is 2.55. The molecule has 1 aromatic rings. The summed E-state index contributed by atoms with van der Waals surface area (Å²) in [4.78, 5) is 0. The first kappa shape index (κ1) is 13.2. The number of aromatic nitrogens is 2. The Morgan fingerprint density at radius 3 is 2.35 bits per heavy atom. The predicted octanol–water partition coefficient (Wildman–Crippen LogP) is 4.73. The topological polar surface area (TPSA) is 17.8 Å². The number of halogens is 2. The second-order valence-corrected chi connectivity index (χ2v) is 5.42. The van der Waals surface area contributed by atoms with Gasteiger partial charge in [-0.2, -0.15) is 5.10 Å². The Morgan fingerprint density at radius 2 is 1.88 bits per heavy atom. The van der Waals surface area contributed by atoms with E-state index in [4.69, 9.17) is 23.2 Å². The molecule has 0 spiro atoms. The number of hydrogen-bond donors (Lipinski definition) is 0. The van der Waals surface area contributed by atoms with E-state index < -0.39 is 0 Å². The molecule has 0 radical (unpaired) electrons. The Kier molecular flexibility index (Phi) is 4.75. The van der Waals surface area contributed by atoms with Crippen molar-refractivity contribution in [2.24, 2.45) is 0 Å². The van der Waals surface area contributed by atoms with Crippen molar-refractivity contribution in [1.29, 1.82) is 0 Å². The van der Waals surface area contributed by atoms with Crippen molar-refractivity contribution in [2.75, 3.05) is 0 Å². The molecule has 1 aliphatic rings. The van der Waals surface area contributed by atoms with E-state index in [0.29, 0.717) is 11.9 Å². The van der Waals surface area contributed by atoms with E-state index in [-0.39, 0.29) is 0 Å². The first-order valence-electron chi connectivity index (χ1n) is 6.59. The Balaban J connectivity index is 2.27. The van der Waals surface area contributed by atoms with Gasteiger partial charge in [0.15, 0.2) is 0 Å². The van der Waals surface area contributed by atoms with Crippen molar-refractivity contribution in [3.05, 3.63) is 16.4 Å². The van der Waals surface area contributed by atoms with Gasteiger partial charge >= 0.3 is 0 Å². The minimum atomic E-state index is 0.467. The number of hydrogen-bond acceptors (Lipinski definition) is 1. The Bertz CT molecular complexity index is 366.